The first-order valence-electron chi connectivity index (χ1n) is 32.3. The monoisotopic (exact) mass is 1330 g/mol. The van der Waals surface area contributed by atoms with Crippen molar-refractivity contribution in [3.05, 3.63) is 144 Å². The average molecular weight is 1330 g/mol. The molecule has 0 radical (unpaired) electrons. The third-order valence-electron chi connectivity index (χ3n) is 16.6. The SMILES string of the molecule is CC(C)C[C@H](NC(=O)CCC(=O)[C@H](Cc1ccccc1)N(C)C(=O)[C@H](C)CC(=O)[C@@H](N)Cc1ccccc1)C(=O)C[C@@H](C)C(=O)N[C@H](C(=O)C[C@@H](Cc1ccccc1)C(=O)N[C@@H](CC(=O)SCc1ccccc1)C(=O)N(C)[C@@H](C)C(=O)N[C@@H](CO)C(=O)CCC(N)=O)C(C)C. The summed E-state index contributed by atoms with van der Waals surface area (Å²) in [7, 11) is 2.75. The van der Waals surface area contributed by atoms with Crippen LogP contribution in [0.5, 0.6) is 0 Å². The quantitative estimate of drug-likeness (QED) is 0.0302. The Kier molecular flexibility index (Phi) is 33.2. The predicted octanol–water partition coefficient (Wildman–Crippen LogP) is 5.15. The van der Waals surface area contributed by atoms with Crippen LogP contribution < -0.4 is 32.7 Å². The van der Waals surface area contributed by atoms with Gasteiger partial charge in [-0.25, -0.2) is 0 Å². The molecule has 0 bridgehead atoms. The predicted molar refractivity (Wildman–Crippen MR) is 362 cm³/mol. The molecule has 0 aliphatic rings. The molecule has 0 aliphatic carbocycles. The van der Waals surface area contributed by atoms with E-state index >= 15 is 0 Å². The first-order chi connectivity index (χ1) is 45.0. The summed E-state index contributed by atoms with van der Waals surface area (Å²) in [5.41, 5.74) is 14.5. The molecule has 22 nitrogen and oxygen atoms in total. The Morgan fingerprint density at radius 3 is 1.51 bits per heavy atom. The number of carbonyl (C=O) groups excluding carboxylic acids is 13. The molecule has 7 amide bonds. The second-order valence-electron chi connectivity index (χ2n) is 25.3. The summed E-state index contributed by atoms with van der Waals surface area (Å²) >= 11 is 0.901. The maximum Gasteiger partial charge on any atom is 0.246 e. The molecule has 4 rings (SSSR count). The van der Waals surface area contributed by atoms with E-state index in [0.29, 0.717) is 12.0 Å². The van der Waals surface area contributed by atoms with Crippen LogP contribution in [0.3, 0.4) is 0 Å². The number of hydrogen-bond donors (Lipinski definition) is 7. The number of ketones is 5. The van der Waals surface area contributed by atoms with Gasteiger partial charge in [0.15, 0.2) is 34.0 Å². The van der Waals surface area contributed by atoms with Gasteiger partial charge in [0.1, 0.15) is 18.1 Å². The van der Waals surface area contributed by atoms with Crippen molar-refractivity contribution >= 4 is 87.1 Å². The summed E-state index contributed by atoms with van der Waals surface area (Å²) < 4.78 is 0. The van der Waals surface area contributed by atoms with Crippen LogP contribution in [0, 0.1) is 29.6 Å². The highest BCUT2D eigenvalue weighted by atomic mass is 32.2. The maximum atomic E-state index is 14.7. The van der Waals surface area contributed by atoms with Gasteiger partial charge in [-0.1, -0.05) is 175 Å². The molecule has 95 heavy (non-hydrogen) atoms. The highest BCUT2D eigenvalue weighted by Crippen LogP contribution is 2.23. The molecule has 0 spiro atoms. The summed E-state index contributed by atoms with van der Waals surface area (Å²) in [6.07, 6.45) is -2.22. The molecule has 0 heterocycles. The van der Waals surface area contributed by atoms with Crippen LogP contribution in [0.2, 0.25) is 0 Å². The number of Topliss-reactive ketones (excluding diaryl/α,β-unsaturated/α-hetero) is 5. The number of aliphatic hydroxyl groups excluding tert-OH is 1. The van der Waals surface area contributed by atoms with E-state index in [4.69, 9.17) is 11.5 Å². The van der Waals surface area contributed by atoms with Gasteiger partial charge >= 0.3 is 0 Å². The van der Waals surface area contributed by atoms with Gasteiger partial charge in [0.05, 0.1) is 30.8 Å². The number of nitrogens with one attached hydrogen (secondary N) is 4. The van der Waals surface area contributed by atoms with Crippen molar-refractivity contribution in [2.24, 2.45) is 41.1 Å². The fourth-order valence-electron chi connectivity index (χ4n) is 10.7. The van der Waals surface area contributed by atoms with Crippen LogP contribution in [-0.4, -0.2) is 153 Å². The summed E-state index contributed by atoms with van der Waals surface area (Å²) in [4.78, 5) is 181. The van der Waals surface area contributed by atoms with E-state index in [9.17, 15) is 67.4 Å². The Balaban J connectivity index is 1.48. The van der Waals surface area contributed by atoms with Gasteiger partial charge in [0, 0.05) is 89.0 Å². The molecule has 4 aromatic rings. The number of rotatable bonds is 42. The molecule has 514 valence electrons. The Labute approximate surface area is 562 Å². The molecule has 0 aliphatic heterocycles. The molecule has 0 saturated heterocycles. The summed E-state index contributed by atoms with van der Waals surface area (Å²) in [5, 5.41) is 20.1. The summed E-state index contributed by atoms with van der Waals surface area (Å²) in [6.45, 7) is 10.7. The van der Waals surface area contributed by atoms with Crippen molar-refractivity contribution in [1.29, 1.82) is 0 Å². The minimum Gasteiger partial charge on any atom is -0.394 e. The van der Waals surface area contributed by atoms with Crippen molar-refractivity contribution in [1.82, 2.24) is 31.1 Å². The number of amides is 7. The van der Waals surface area contributed by atoms with Gasteiger partial charge in [-0.2, -0.15) is 0 Å². The van der Waals surface area contributed by atoms with Crippen LogP contribution in [0.1, 0.15) is 129 Å². The number of aliphatic hydroxyl groups is 1. The van der Waals surface area contributed by atoms with Crippen molar-refractivity contribution in [2.45, 2.75) is 174 Å². The van der Waals surface area contributed by atoms with E-state index in [0.717, 1.165) is 33.4 Å². The summed E-state index contributed by atoms with van der Waals surface area (Å²) in [6, 6.07) is 27.7. The number of nitrogens with two attached hydrogens (primary N) is 2. The van der Waals surface area contributed by atoms with E-state index < -0.39 is 155 Å². The Morgan fingerprint density at radius 1 is 0.474 bits per heavy atom. The lowest BCUT2D eigenvalue weighted by Crippen LogP contribution is -2.56. The van der Waals surface area contributed by atoms with Gasteiger partial charge < -0.3 is 47.6 Å². The minimum absolute atomic E-state index is 0.0304. The highest BCUT2D eigenvalue weighted by molar-refractivity contribution is 8.12. The lowest BCUT2D eigenvalue weighted by Gasteiger charge is -2.30. The first-order valence-corrected chi connectivity index (χ1v) is 33.3. The van der Waals surface area contributed by atoms with Gasteiger partial charge in [-0.3, -0.25) is 62.3 Å². The number of carbonyl (C=O) groups is 13. The van der Waals surface area contributed by atoms with Gasteiger partial charge in [0.2, 0.25) is 41.4 Å². The van der Waals surface area contributed by atoms with E-state index in [1.54, 1.807) is 75.4 Å². The third-order valence-corrected chi connectivity index (χ3v) is 17.5. The molecule has 0 aromatic heterocycles. The van der Waals surface area contributed by atoms with Gasteiger partial charge in [-0.15, -0.1) is 0 Å². The third kappa shape index (κ3) is 27.0. The Bertz CT molecular complexity index is 3250. The molecule has 10 atom stereocenters. The molecule has 0 fully saturated rings. The van der Waals surface area contributed by atoms with E-state index in [1.165, 1.54) is 32.8 Å². The second kappa shape index (κ2) is 40.0. The number of likely N-dealkylation sites (N-methyl/N-ethyl adjacent to an activating group) is 2. The summed E-state index contributed by atoms with van der Waals surface area (Å²) in [5.74, 6) is -10.9. The zero-order valence-corrected chi connectivity index (χ0v) is 56.9. The number of hydrogen-bond acceptors (Lipinski definition) is 16. The number of nitrogens with zero attached hydrogens (tertiary/aromatic N) is 2. The van der Waals surface area contributed by atoms with E-state index in [2.05, 4.69) is 21.3 Å². The molecule has 4 aromatic carbocycles. The normalized spacial score (nSPS) is 14.4. The fraction of sp³-hybridized carbons (Fsp3) is 0.486. The lowest BCUT2D eigenvalue weighted by atomic mass is 9.87. The first kappa shape index (κ1) is 78.9. The van der Waals surface area contributed by atoms with Crippen LogP contribution in [0.4, 0.5) is 0 Å². The molecular formula is C72H96N8O14S. The van der Waals surface area contributed by atoms with Crippen molar-refractivity contribution < 1.29 is 67.4 Å². The van der Waals surface area contributed by atoms with Crippen LogP contribution >= 0.6 is 11.8 Å². The smallest absolute Gasteiger partial charge is 0.246 e. The molecular weight excluding hydrogens is 1230 g/mol. The molecule has 23 heteroatoms. The minimum atomic E-state index is -1.58. The zero-order chi connectivity index (χ0) is 70.5. The van der Waals surface area contributed by atoms with Crippen LogP contribution in [0.25, 0.3) is 0 Å². The van der Waals surface area contributed by atoms with Crippen LogP contribution in [-0.2, 0) is 87.3 Å². The Hall–Kier alpha value is -8.54. The largest absolute Gasteiger partial charge is 0.394 e. The number of primary amides is 1. The van der Waals surface area contributed by atoms with Crippen molar-refractivity contribution in [2.75, 3.05) is 20.7 Å². The molecule has 9 N–H and O–H groups in total. The van der Waals surface area contributed by atoms with Crippen molar-refractivity contribution in [3.63, 3.8) is 0 Å². The zero-order valence-electron chi connectivity index (χ0n) is 56.1. The van der Waals surface area contributed by atoms with E-state index in [-0.39, 0.29) is 75.2 Å². The molecule has 0 unspecified atom stereocenters. The lowest BCUT2D eigenvalue weighted by molar-refractivity contribution is -0.143. The Morgan fingerprint density at radius 2 is 0.979 bits per heavy atom. The number of benzene rings is 4. The standard InChI is InChI=1S/C72H96N8O14S/c1-44(2)34-55(75-65(88)33-31-60(83)58(39-51-26-18-12-19-27-51)80(9)71(93)47(6)36-61(84)54(73)38-50-24-16-11-17-25-50)62(85)35-46(5)68(90)78-67(45(3)4)63(86)40-53(37-49-22-14-10-15-23-49)70(92)76-56(41-66(89)95-43-52-28-20-13-21-29-52)72(94)79(8)48(7)69(91)77-57(42-81)59(82)30-32-64(74)87/h10-29,44-48,53-58,67,81H,30-43,73H2,1-9H3,(H2,74,87)(H,75,88)(H,76,92)(H,77,91)(H,78,90)/t46-,47-,48+,53-,54+,55+,56+,57+,58+,67+/m1/s1. The fourth-order valence-corrected chi connectivity index (χ4v) is 11.5. The van der Waals surface area contributed by atoms with Gasteiger partial charge in [-0.05, 0) is 66.7 Å². The topological polar surface area (TPSA) is 349 Å². The molecule has 0 saturated carbocycles. The highest BCUT2D eigenvalue weighted by Gasteiger charge is 2.38. The average Bonchev–Trinajstić information content (AvgIpc) is 0.873. The van der Waals surface area contributed by atoms with Crippen molar-refractivity contribution in [3.8, 4) is 0 Å². The van der Waals surface area contributed by atoms with Crippen LogP contribution in [0.15, 0.2) is 121 Å². The van der Waals surface area contributed by atoms with Gasteiger partial charge in [0.25, 0.3) is 0 Å². The number of thioether (sulfide) groups is 1. The second-order valence-corrected chi connectivity index (χ2v) is 26.3. The van der Waals surface area contributed by atoms with E-state index in [1.807, 2.05) is 80.6 Å². The maximum absolute atomic E-state index is 14.7.